The highest BCUT2D eigenvalue weighted by molar-refractivity contribution is 5.98. The van der Waals surface area contributed by atoms with Crippen LogP contribution >= 0.6 is 0 Å². The number of hydrogen-bond donors (Lipinski definition) is 2. The number of nitrogens with one attached hydrogen (secondary N) is 1. The molecule has 3 amide bonds. The molecule has 11 heteroatoms. The van der Waals surface area contributed by atoms with Gasteiger partial charge in [-0.2, -0.15) is 0 Å². The summed E-state index contributed by atoms with van der Waals surface area (Å²) >= 11 is 0. The molecule has 0 saturated carbocycles. The van der Waals surface area contributed by atoms with E-state index in [4.69, 9.17) is 14.2 Å². The normalized spacial score (nSPS) is 24.8. The van der Waals surface area contributed by atoms with Crippen molar-refractivity contribution in [3.63, 3.8) is 0 Å². The van der Waals surface area contributed by atoms with Crippen LogP contribution in [0.3, 0.4) is 0 Å². The van der Waals surface area contributed by atoms with Crippen LogP contribution in [0.4, 0.5) is 0 Å². The molecular weight excluding hydrogens is 698 g/mol. The Balaban J connectivity index is 1.58. The SMILES string of the molecule is C=CCCC(=O)N[C@@H](COC)[C@@H](OC(=O)[C@@H]1[C@@H]2CC[C@]3(O2)[C@H](C(=O)N(CC=C)C(C)(C)CC(C)(C)C)N([C@H](CO)c2ccccc2)C(=O)[C@@H]13)c1ccccc1. The fraction of sp³-hybridized carbons (Fsp3) is 0.545. The van der Waals surface area contributed by atoms with Gasteiger partial charge in [-0.1, -0.05) is 93.6 Å². The van der Waals surface area contributed by atoms with Gasteiger partial charge in [0.15, 0.2) is 0 Å². The lowest BCUT2D eigenvalue weighted by Crippen LogP contribution is -2.61. The number of nitrogens with zero attached hydrogens (tertiary/aromatic N) is 2. The summed E-state index contributed by atoms with van der Waals surface area (Å²) in [5.74, 6) is -3.78. The first-order valence-corrected chi connectivity index (χ1v) is 19.4. The second-order valence-corrected chi connectivity index (χ2v) is 16.9. The molecule has 1 spiro atoms. The minimum absolute atomic E-state index is 0.0483. The summed E-state index contributed by atoms with van der Waals surface area (Å²) in [5, 5.41) is 14.0. The van der Waals surface area contributed by atoms with Gasteiger partial charge in [-0.15, -0.1) is 13.2 Å². The summed E-state index contributed by atoms with van der Waals surface area (Å²) < 4.78 is 18.7. The zero-order valence-electron chi connectivity index (χ0n) is 33.2. The van der Waals surface area contributed by atoms with Crippen molar-refractivity contribution in [3.8, 4) is 0 Å². The first-order valence-electron chi connectivity index (χ1n) is 19.4. The van der Waals surface area contributed by atoms with Crippen LogP contribution in [-0.4, -0.2) is 94.8 Å². The van der Waals surface area contributed by atoms with Crippen molar-refractivity contribution in [3.05, 3.63) is 97.1 Å². The number of amides is 3. The van der Waals surface area contributed by atoms with E-state index in [9.17, 15) is 14.7 Å². The number of rotatable bonds is 18. The molecule has 0 aliphatic carbocycles. The fourth-order valence-corrected chi connectivity index (χ4v) is 9.43. The predicted octanol–water partition coefficient (Wildman–Crippen LogP) is 5.71. The molecule has 3 heterocycles. The molecule has 3 aliphatic heterocycles. The Hall–Kier alpha value is -4.32. The molecule has 0 unspecified atom stereocenters. The molecule has 2 N–H and O–H groups in total. The molecule has 3 saturated heterocycles. The number of likely N-dealkylation sites (tertiary alicyclic amines) is 1. The molecule has 0 aromatic heterocycles. The Kier molecular flexibility index (Phi) is 13.1. The molecule has 298 valence electrons. The average Bonchev–Trinajstić information content (AvgIpc) is 3.79. The van der Waals surface area contributed by atoms with Crippen LogP contribution in [-0.2, 0) is 33.4 Å². The van der Waals surface area contributed by atoms with Crippen LogP contribution in [0.15, 0.2) is 86.0 Å². The number of carbonyl (C=O) groups excluding carboxylic acids is 4. The highest BCUT2D eigenvalue weighted by Crippen LogP contribution is 2.60. The first kappa shape index (κ1) is 41.8. The van der Waals surface area contributed by atoms with Crippen LogP contribution in [0.1, 0.15) is 90.0 Å². The topological polar surface area (TPSA) is 135 Å². The molecular formula is C44H59N3O8. The van der Waals surface area contributed by atoms with E-state index in [0.29, 0.717) is 36.8 Å². The number of methoxy groups -OCH3 is 1. The van der Waals surface area contributed by atoms with E-state index in [1.54, 1.807) is 17.1 Å². The molecule has 5 rings (SSSR count). The van der Waals surface area contributed by atoms with Gasteiger partial charge in [0, 0.05) is 25.6 Å². The van der Waals surface area contributed by atoms with E-state index < -0.39 is 71.8 Å². The highest BCUT2D eigenvalue weighted by Gasteiger charge is 2.76. The number of aliphatic hydroxyl groups is 1. The third-order valence-electron chi connectivity index (χ3n) is 11.2. The third kappa shape index (κ3) is 8.59. The summed E-state index contributed by atoms with van der Waals surface area (Å²) in [6.07, 6.45) is 3.83. The molecule has 2 aromatic carbocycles. The molecule has 11 nitrogen and oxygen atoms in total. The van der Waals surface area contributed by atoms with E-state index in [1.807, 2.05) is 74.5 Å². The van der Waals surface area contributed by atoms with Crippen LogP contribution in [0, 0.1) is 17.3 Å². The van der Waals surface area contributed by atoms with Crippen molar-refractivity contribution in [2.45, 2.75) is 108 Å². The summed E-state index contributed by atoms with van der Waals surface area (Å²) in [4.78, 5) is 61.4. The maximum absolute atomic E-state index is 15.3. The molecule has 55 heavy (non-hydrogen) atoms. The molecule has 2 bridgehead atoms. The minimum atomic E-state index is -1.35. The van der Waals surface area contributed by atoms with Gasteiger partial charge in [0.25, 0.3) is 0 Å². The molecule has 0 radical (unpaired) electrons. The van der Waals surface area contributed by atoms with Crippen molar-refractivity contribution >= 4 is 23.7 Å². The van der Waals surface area contributed by atoms with Crippen molar-refractivity contribution in [1.82, 2.24) is 15.1 Å². The van der Waals surface area contributed by atoms with Gasteiger partial charge in [0.1, 0.15) is 17.7 Å². The average molecular weight is 758 g/mol. The summed E-state index contributed by atoms with van der Waals surface area (Å²) in [5.41, 5.74) is -0.846. The predicted molar refractivity (Wildman–Crippen MR) is 209 cm³/mol. The van der Waals surface area contributed by atoms with Crippen LogP contribution in [0.5, 0.6) is 0 Å². The van der Waals surface area contributed by atoms with Crippen LogP contribution in [0.2, 0.25) is 0 Å². The Bertz CT molecular complexity index is 1690. The van der Waals surface area contributed by atoms with Crippen LogP contribution < -0.4 is 5.32 Å². The summed E-state index contributed by atoms with van der Waals surface area (Å²) in [7, 11) is 1.51. The second kappa shape index (κ2) is 17.2. The number of esters is 1. The minimum Gasteiger partial charge on any atom is -0.455 e. The van der Waals surface area contributed by atoms with Crippen molar-refractivity contribution in [2.75, 3.05) is 26.9 Å². The number of aliphatic hydroxyl groups excluding tert-OH is 1. The van der Waals surface area contributed by atoms with Gasteiger partial charge in [-0.3, -0.25) is 19.2 Å². The van der Waals surface area contributed by atoms with Crippen LogP contribution in [0.25, 0.3) is 0 Å². The highest BCUT2D eigenvalue weighted by atomic mass is 16.6. The molecule has 2 aromatic rings. The number of fused-ring (bicyclic) bond motifs is 1. The maximum Gasteiger partial charge on any atom is 0.313 e. The van der Waals surface area contributed by atoms with E-state index in [2.05, 4.69) is 39.2 Å². The third-order valence-corrected chi connectivity index (χ3v) is 11.2. The quantitative estimate of drug-likeness (QED) is 0.146. The lowest BCUT2D eigenvalue weighted by molar-refractivity contribution is -0.164. The number of carbonyl (C=O) groups is 4. The van der Waals surface area contributed by atoms with Crippen molar-refractivity contribution in [2.24, 2.45) is 17.3 Å². The standard InChI is InChI=1S/C44H59N3O8/c1-9-11-22-34(49)45-31(27-53-8)37(30-20-16-13-17-21-30)54-41(52)35-33-23-24-44(55-33)36(35)39(50)47(32(26-48)29-18-14-12-15-19-29)38(44)40(51)46(25-10-2)43(6,7)28-42(3,4)5/h9-10,12-21,31-33,35-38,48H,1-2,11,22-28H2,3-8H3,(H,45,49)/t31-,32+,33-,35+,36+,37-,38-,44+/m0/s1. The zero-order valence-corrected chi connectivity index (χ0v) is 33.2. The number of hydrogen-bond acceptors (Lipinski definition) is 8. The number of ether oxygens (including phenoxy) is 3. The maximum atomic E-state index is 15.3. The van der Waals surface area contributed by atoms with Gasteiger partial charge in [0.2, 0.25) is 17.7 Å². The number of benzene rings is 2. The fourth-order valence-electron chi connectivity index (χ4n) is 9.43. The zero-order chi connectivity index (χ0) is 40.1. The van der Waals surface area contributed by atoms with E-state index in [-0.39, 0.29) is 36.8 Å². The van der Waals surface area contributed by atoms with Crippen molar-refractivity contribution in [1.29, 1.82) is 0 Å². The monoisotopic (exact) mass is 757 g/mol. The largest absolute Gasteiger partial charge is 0.455 e. The smallest absolute Gasteiger partial charge is 0.313 e. The molecule has 3 aliphatic rings. The van der Waals surface area contributed by atoms with Gasteiger partial charge >= 0.3 is 5.97 Å². The molecule has 8 atom stereocenters. The Morgan fingerprint density at radius 1 is 1.04 bits per heavy atom. The Labute approximate surface area is 326 Å². The second-order valence-electron chi connectivity index (χ2n) is 16.9. The first-order chi connectivity index (χ1) is 26.1. The Morgan fingerprint density at radius 3 is 2.24 bits per heavy atom. The van der Waals surface area contributed by atoms with E-state index in [0.717, 1.165) is 0 Å². The number of allylic oxidation sites excluding steroid dienone is 1. The van der Waals surface area contributed by atoms with Gasteiger partial charge in [0.05, 0.1) is 43.2 Å². The van der Waals surface area contributed by atoms with Gasteiger partial charge in [-0.05, 0) is 56.1 Å². The lowest BCUT2D eigenvalue weighted by Gasteiger charge is -2.46. The molecule has 3 fully saturated rings. The van der Waals surface area contributed by atoms with Gasteiger partial charge in [-0.25, -0.2) is 0 Å². The lowest BCUT2D eigenvalue weighted by atomic mass is 9.70. The van der Waals surface area contributed by atoms with E-state index >= 15 is 9.59 Å². The summed E-state index contributed by atoms with van der Waals surface area (Å²) in [6.45, 7) is 17.9. The van der Waals surface area contributed by atoms with Gasteiger partial charge < -0.3 is 34.4 Å². The van der Waals surface area contributed by atoms with Crippen molar-refractivity contribution < 1.29 is 38.5 Å². The van der Waals surface area contributed by atoms with E-state index in [1.165, 1.54) is 12.0 Å². The Morgan fingerprint density at radius 2 is 1.67 bits per heavy atom. The summed E-state index contributed by atoms with van der Waals surface area (Å²) in [6, 6.07) is 15.5.